The number of ether oxygens (including phenoxy) is 1. The van der Waals surface area contributed by atoms with Crippen LogP contribution in [0.15, 0.2) is 36.9 Å². The van der Waals surface area contributed by atoms with E-state index in [0.29, 0.717) is 32.2 Å². The quantitative estimate of drug-likeness (QED) is 0.855. The van der Waals surface area contributed by atoms with Crippen LogP contribution in [-0.2, 0) is 9.59 Å². The summed E-state index contributed by atoms with van der Waals surface area (Å²) >= 11 is 0. The van der Waals surface area contributed by atoms with Gasteiger partial charge in [-0.2, -0.15) is 5.10 Å². The van der Waals surface area contributed by atoms with Gasteiger partial charge in [0.25, 0.3) is 0 Å². The van der Waals surface area contributed by atoms with Crippen molar-refractivity contribution in [3.63, 3.8) is 0 Å². The van der Waals surface area contributed by atoms with Gasteiger partial charge in [-0.1, -0.05) is 18.2 Å². The van der Waals surface area contributed by atoms with Crippen LogP contribution in [-0.4, -0.2) is 50.7 Å². The van der Waals surface area contributed by atoms with E-state index in [4.69, 9.17) is 4.74 Å². The third kappa shape index (κ3) is 4.11. The minimum absolute atomic E-state index is 0.0355. The standard InChI is InChI=1S/C21H27N5O3/c1-15(26-14-22-13-23-26)11-19(27)24-17-12-21(8-7-20(28)25(2)10-9-21)29-18-6-4-3-5-16(17)18/h3-6,13-15,17H,7-12H2,1-2H3,(H,24,27)/t15-,17-,21+/m1/s1. The highest BCUT2D eigenvalue weighted by atomic mass is 16.5. The highest BCUT2D eigenvalue weighted by Gasteiger charge is 2.43. The number of rotatable bonds is 4. The van der Waals surface area contributed by atoms with E-state index in [1.807, 2.05) is 38.2 Å². The fourth-order valence-electron chi connectivity index (χ4n) is 4.26. The normalized spacial score (nSPS) is 25.1. The van der Waals surface area contributed by atoms with Crippen LogP contribution in [0, 0.1) is 0 Å². The molecule has 2 amide bonds. The molecule has 0 radical (unpaired) electrons. The van der Waals surface area contributed by atoms with Crippen molar-refractivity contribution in [3.05, 3.63) is 42.5 Å². The summed E-state index contributed by atoms with van der Waals surface area (Å²) in [5.41, 5.74) is 0.549. The van der Waals surface area contributed by atoms with Crippen molar-refractivity contribution in [2.45, 2.75) is 56.7 Å². The van der Waals surface area contributed by atoms with Gasteiger partial charge in [0.1, 0.15) is 24.0 Å². The van der Waals surface area contributed by atoms with Crippen LogP contribution in [0.2, 0.25) is 0 Å². The van der Waals surface area contributed by atoms with Crippen molar-refractivity contribution in [1.82, 2.24) is 25.0 Å². The zero-order valence-electron chi connectivity index (χ0n) is 16.9. The number of amides is 2. The molecule has 3 heterocycles. The third-order valence-electron chi connectivity index (χ3n) is 6.02. The predicted molar refractivity (Wildman–Crippen MR) is 106 cm³/mol. The van der Waals surface area contributed by atoms with Crippen LogP contribution < -0.4 is 10.1 Å². The number of benzene rings is 1. The maximum atomic E-state index is 12.8. The number of carbonyl (C=O) groups excluding carboxylic acids is 2. The largest absolute Gasteiger partial charge is 0.487 e. The molecule has 1 fully saturated rings. The van der Waals surface area contributed by atoms with Crippen molar-refractivity contribution in [2.24, 2.45) is 0 Å². The smallest absolute Gasteiger partial charge is 0.222 e. The third-order valence-corrected chi connectivity index (χ3v) is 6.02. The maximum absolute atomic E-state index is 12.8. The molecule has 1 N–H and O–H groups in total. The number of fused-ring (bicyclic) bond motifs is 1. The Bertz CT molecular complexity index is 884. The molecule has 8 nitrogen and oxygen atoms in total. The first-order valence-electron chi connectivity index (χ1n) is 10.1. The first kappa shape index (κ1) is 19.4. The topological polar surface area (TPSA) is 89.4 Å². The number of hydrogen-bond donors (Lipinski definition) is 1. The molecule has 2 aliphatic heterocycles. The van der Waals surface area contributed by atoms with Gasteiger partial charge in [-0.15, -0.1) is 0 Å². The zero-order valence-corrected chi connectivity index (χ0v) is 16.9. The number of likely N-dealkylation sites (tertiary alicyclic amines) is 1. The molecule has 0 aliphatic carbocycles. The Morgan fingerprint density at radius 1 is 1.38 bits per heavy atom. The van der Waals surface area contributed by atoms with Gasteiger partial charge >= 0.3 is 0 Å². The molecule has 2 aliphatic rings. The van der Waals surface area contributed by atoms with E-state index in [-0.39, 0.29) is 23.9 Å². The fourth-order valence-corrected chi connectivity index (χ4v) is 4.26. The Balaban J connectivity index is 1.52. The van der Waals surface area contributed by atoms with Crippen LogP contribution >= 0.6 is 0 Å². The van der Waals surface area contributed by atoms with E-state index < -0.39 is 5.60 Å². The Morgan fingerprint density at radius 3 is 3.00 bits per heavy atom. The number of para-hydroxylation sites is 1. The number of carbonyl (C=O) groups is 2. The van der Waals surface area contributed by atoms with E-state index in [9.17, 15) is 9.59 Å². The molecule has 0 unspecified atom stereocenters. The number of aromatic nitrogens is 3. The van der Waals surface area contributed by atoms with Crippen LogP contribution in [0.25, 0.3) is 0 Å². The summed E-state index contributed by atoms with van der Waals surface area (Å²) in [5.74, 6) is 0.906. The van der Waals surface area contributed by atoms with Gasteiger partial charge in [0.15, 0.2) is 0 Å². The van der Waals surface area contributed by atoms with E-state index >= 15 is 0 Å². The van der Waals surface area contributed by atoms with E-state index in [1.165, 1.54) is 6.33 Å². The van der Waals surface area contributed by atoms with Crippen LogP contribution in [0.5, 0.6) is 5.75 Å². The Kier molecular flexibility index (Phi) is 5.25. The summed E-state index contributed by atoms with van der Waals surface area (Å²) in [6.45, 7) is 2.60. The molecule has 1 spiro atoms. The van der Waals surface area contributed by atoms with Crippen LogP contribution in [0.4, 0.5) is 0 Å². The molecule has 8 heteroatoms. The second-order valence-electron chi connectivity index (χ2n) is 8.14. The van der Waals surface area contributed by atoms with Gasteiger partial charge in [0.2, 0.25) is 11.8 Å². The van der Waals surface area contributed by atoms with Crippen molar-refractivity contribution in [2.75, 3.05) is 13.6 Å². The maximum Gasteiger partial charge on any atom is 0.222 e. The minimum Gasteiger partial charge on any atom is -0.487 e. The molecule has 1 aromatic heterocycles. The number of hydrogen-bond acceptors (Lipinski definition) is 5. The molecule has 4 rings (SSSR count). The van der Waals surface area contributed by atoms with Gasteiger partial charge in [-0.3, -0.25) is 9.59 Å². The molecule has 0 saturated carbocycles. The Labute approximate surface area is 170 Å². The molecule has 2 aromatic rings. The molecular weight excluding hydrogens is 370 g/mol. The predicted octanol–water partition coefficient (Wildman–Crippen LogP) is 2.25. The molecular formula is C21H27N5O3. The lowest BCUT2D eigenvalue weighted by atomic mass is 9.82. The van der Waals surface area contributed by atoms with Crippen LogP contribution in [0.3, 0.4) is 0 Å². The number of nitrogens with zero attached hydrogens (tertiary/aromatic N) is 4. The summed E-state index contributed by atoms with van der Waals surface area (Å²) in [7, 11) is 1.84. The first-order valence-corrected chi connectivity index (χ1v) is 10.1. The summed E-state index contributed by atoms with van der Waals surface area (Å²) in [6, 6.07) is 7.63. The van der Waals surface area contributed by atoms with Gasteiger partial charge < -0.3 is 15.0 Å². The van der Waals surface area contributed by atoms with Crippen molar-refractivity contribution in [1.29, 1.82) is 0 Å². The van der Waals surface area contributed by atoms with E-state index in [0.717, 1.165) is 17.7 Å². The zero-order chi connectivity index (χ0) is 20.4. The Morgan fingerprint density at radius 2 is 2.21 bits per heavy atom. The summed E-state index contributed by atoms with van der Waals surface area (Å²) in [6.07, 6.45) is 5.94. The lowest BCUT2D eigenvalue weighted by Gasteiger charge is -2.42. The summed E-state index contributed by atoms with van der Waals surface area (Å²) < 4.78 is 8.12. The van der Waals surface area contributed by atoms with E-state index in [2.05, 4.69) is 15.4 Å². The lowest BCUT2D eigenvalue weighted by molar-refractivity contribution is -0.129. The van der Waals surface area contributed by atoms with Crippen molar-refractivity contribution in [3.8, 4) is 5.75 Å². The highest BCUT2D eigenvalue weighted by Crippen LogP contribution is 2.44. The molecule has 0 bridgehead atoms. The minimum atomic E-state index is -0.440. The average molecular weight is 397 g/mol. The molecule has 1 saturated heterocycles. The van der Waals surface area contributed by atoms with Crippen molar-refractivity contribution < 1.29 is 14.3 Å². The first-order chi connectivity index (χ1) is 14.0. The lowest BCUT2D eigenvalue weighted by Crippen LogP contribution is -2.46. The molecule has 1 aromatic carbocycles. The molecule has 29 heavy (non-hydrogen) atoms. The Hall–Kier alpha value is -2.90. The second-order valence-corrected chi connectivity index (χ2v) is 8.14. The monoisotopic (exact) mass is 397 g/mol. The van der Waals surface area contributed by atoms with E-state index in [1.54, 1.807) is 15.9 Å². The highest BCUT2D eigenvalue weighted by molar-refractivity contribution is 5.77. The summed E-state index contributed by atoms with van der Waals surface area (Å²) in [4.78, 5) is 30.7. The second kappa shape index (κ2) is 7.85. The van der Waals surface area contributed by atoms with Gasteiger partial charge in [0, 0.05) is 44.8 Å². The number of nitrogens with one attached hydrogen (secondary N) is 1. The van der Waals surface area contributed by atoms with Crippen LogP contribution in [0.1, 0.15) is 56.7 Å². The van der Waals surface area contributed by atoms with Gasteiger partial charge in [-0.05, 0) is 19.4 Å². The van der Waals surface area contributed by atoms with Crippen molar-refractivity contribution >= 4 is 11.8 Å². The fraction of sp³-hybridized carbons (Fsp3) is 0.524. The SMILES string of the molecule is C[C@H](CC(=O)N[C@@H]1C[C@@]2(CCC(=O)N(C)CC2)Oc2ccccc21)n1cncn1. The summed E-state index contributed by atoms with van der Waals surface area (Å²) in [5, 5.41) is 7.32. The van der Waals surface area contributed by atoms with Gasteiger partial charge in [0.05, 0.1) is 12.1 Å². The molecule has 3 atom stereocenters. The average Bonchev–Trinajstić information content (AvgIpc) is 3.21. The van der Waals surface area contributed by atoms with Gasteiger partial charge in [-0.25, -0.2) is 9.67 Å². The molecule has 154 valence electrons.